The molecule has 0 saturated carbocycles. The van der Waals surface area contributed by atoms with Crippen LogP contribution in [0, 0.1) is 23.3 Å². The zero-order valence-electron chi connectivity index (χ0n) is 11.8. The van der Waals surface area contributed by atoms with Gasteiger partial charge in [-0.2, -0.15) is 0 Å². The second kappa shape index (κ2) is 7.31. The molecule has 0 aliphatic heterocycles. The van der Waals surface area contributed by atoms with Crippen molar-refractivity contribution in [2.45, 2.75) is 0 Å². The minimum absolute atomic E-state index is 0.180. The summed E-state index contributed by atoms with van der Waals surface area (Å²) in [7, 11) is 0. The summed E-state index contributed by atoms with van der Waals surface area (Å²) in [4.78, 5) is 23.4. The van der Waals surface area contributed by atoms with Crippen molar-refractivity contribution in [3.63, 3.8) is 0 Å². The molecule has 0 aliphatic rings. The predicted molar refractivity (Wildman–Crippen MR) is 78.7 cm³/mol. The SMILES string of the molecule is O=C(CNC(=O)c1ccc(F)c(F)c1F)Nc1ccc(F)c(Cl)c1. The standard InChI is InChI=1S/C15H9ClF4N2O2/c16-9-5-7(1-3-10(9)17)22-12(23)6-21-15(24)8-2-4-11(18)14(20)13(8)19/h1-5H,6H2,(H,21,24)(H,22,23). The predicted octanol–water partition coefficient (Wildman–Crippen LogP) is 3.26. The molecule has 2 N–H and O–H groups in total. The van der Waals surface area contributed by atoms with Gasteiger partial charge in [0, 0.05) is 5.69 Å². The Hall–Kier alpha value is -2.61. The maximum atomic E-state index is 13.4. The number of amides is 2. The number of carbonyl (C=O) groups excluding carboxylic acids is 2. The Kier molecular flexibility index (Phi) is 5.40. The second-order valence-corrected chi connectivity index (χ2v) is 4.99. The number of hydrogen-bond acceptors (Lipinski definition) is 2. The van der Waals surface area contributed by atoms with Gasteiger partial charge in [-0.05, 0) is 30.3 Å². The zero-order chi connectivity index (χ0) is 17.9. The Labute approximate surface area is 138 Å². The summed E-state index contributed by atoms with van der Waals surface area (Å²) in [5, 5.41) is 4.16. The lowest BCUT2D eigenvalue weighted by Gasteiger charge is -2.08. The Morgan fingerprint density at radius 2 is 1.62 bits per heavy atom. The number of hydrogen-bond donors (Lipinski definition) is 2. The summed E-state index contributed by atoms with van der Waals surface area (Å²) >= 11 is 5.55. The maximum absolute atomic E-state index is 13.4. The van der Waals surface area contributed by atoms with Gasteiger partial charge in [-0.1, -0.05) is 11.6 Å². The molecule has 24 heavy (non-hydrogen) atoms. The fourth-order valence-electron chi connectivity index (χ4n) is 1.74. The summed E-state index contributed by atoms with van der Waals surface area (Å²) in [6.07, 6.45) is 0. The number of anilines is 1. The van der Waals surface area contributed by atoms with Crippen LogP contribution in [0.25, 0.3) is 0 Å². The maximum Gasteiger partial charge on any atom is 0.254 e. The van der Waals surface area contributed by atoms with Crippen molar-refractivity contribution in [1.29, 1.82) is 0 Å². The molecular formula is C15H9ClF4N2O2. The van der Waals surface area contributed by atoms with Crippen LogP contribution in [0.3, 0.4) is 0 Å². The Bertz CT molecular complexity index is 814. The van der Waals surface area contributed by atoms with E-state index in [1.807, 2.05) is 5.32 Å². The molecule has 2 aromatic rings. The van der Waals surface area contributed by atoms with Crippen molar-refractivity contribution < 1.29 is 27.2 Å². The van der Waals surface area contributed by atoms with E-state index < -0.39 is 47.2 Å². The molecule has 2 amide bonds. The molecule has 4 nitrogen and oxygen atoms in total. The quantitative estimate of drug-likeness (QED) is 0.649. The molecule has 0 spiro atoms. The molecule has 9 heteroatoms. The normalized spacial score (nSPS) is 10.4. The molecule has 2 rings (SSSR count). The van der Waals surface area contributed by atoms with E-state index in [1.165, 1.54) is 6.07 Å². The topological polar surface area (TPSA) is 58.2 Å². The molecule has 0 atom stereocenters. The van der Waals surface area contributed by atoms with Crippen LogP contribution in [0.2, 0.25) is 5.02 Å². The fourth-order valence-corrected chi connectivity index (χ4v) is 1.92. The molecular weight excluding hydrogens is 352 g/mol. The third-order valence-electron chi connectivity index (χ3n) is 2.89. The monoisotopic (exact) mass is 360 g/mol. The van der Waals surface area contributed by atoms with Crippen LogP contribution in [-0.4, -0.2) is 18.4 Å². The van der Waals surface area contributed by atoms with E-state index in [-0.39, 0.29) is 10.7 Å². The number of carbonyl (C=O) groups is 2. The van der Waals surface area contributed by atoms with E-state index in [2.05, 4.69) is 5.32 Å². The van der Waals surface area contributed by atoms with Gasteiger partial charge in [0.2, 0.25) is 5.91 Å². The molecule has 0 heterocycles. The average molecular weight is 361 g/mol. The zero-order valence-corrected chi connectivity index (χ0v) is 12.6. The van der Waals surface area contributed by atoms with Crippen LogP contribution in [0.1, 0.15) is 10.4 Å². The minimum Gasteiger partial charge on any atom is -0.343 e. The van der Waals surface area contributed by atoms with E-state index in [1.54, 1.807) is 0 Å². The second-order valence-electron chi connectivity index (χ2n) is 4.58. The minimum atomic E-state index is -1.78. The number of nitrogens with one attached hydrogen (secondary N) is 2. The highest BCUT2D eigenvalue weighted by Crippen LogP contribution is 2.19. The van der Waals surface area contributed by atoms with Crippen LogP contribution < -0.4 is 10.6 Å². The lowest BCUT2D eigenvalue weighted by Crippen LogP contribution is -2.33. The van der Waals surface area contributed by atoms with Crippen molar-refractivity contribution in [2.24, 2.45) is 0 Å². The summed E-state index contributed by atoms with van der Waals surface area (Å²) in [5.41, 5.74) is -0.564. The highest BCUT2D eigenvalue weighted by molar-refractivity contribution is 6.31. The third-order valence-corrected chi connectivity index (χ3v) is 3.18. The van der Waals surface area contributed by atoms with Gasteiger partial charge >= 0.3 is 0 Å². The van der Waals surface area contributed by atoms with Gasteiger partial charge in [0.25, 0.3) is 5.91 Å². The Morgan fingerprint density at radius 1 is 0.958 bits per heavy atom. The summed E-state index contributed by atoms with van der Waals surface area (Å²) < 4.78 is 52.3. The fraction of sp³-hybridized carbons (Fsp3) is 0.0667. The van der Waals surface area contributed by atoms with Crippen LogP contribution in [0.15, 0.2) is 30.3 Å². The Morgan fingerprint density at radius 3 is 2.29 bits per heavy atom. The average Bonchev–Trinajstić information content (AvgIpc) is 2.54. The summed E-state index contributed by atoms with van der Waals surface area (Å²) in [5.74, 6) is -7.36. The van der Waals surface area contributed by atoms with E-state index in [0.717, 1.165) is 18.2 Å². The van der Waals surface area contributed by atoms with Gasteiger partial charge in [-0.25, -0.2) is 17.6 Å². The molecule has 0 aliphatic carbocycles. The van der Waals surface area contributed by atoms with Crippen molar-refractivity contribution in [2.75, 3.05) is 11.9 Å². The largest absolute Gasteiger partial charge is 0.343 e. The molecule has 0 fully saturated rings. The van der Waals surface area contributed by atoms with Gasteiger partial charge in [-0.15, -0.1) is 0 Å². The molecule has 2 aromatic carbocycles. The molecule has 0 bridgehead atoms. The van der Waals surface area contributed by atoms with Gasteiger partial charge in [0.05, 0.1) is 17.1 Å². The summed E-state index contributed by atoms with van der Waals surface area (Å²) in [6.45, 7) is -0.577. The lowest BCUT2D eigenvalue weighted by atomic mass is 10.2. The lowest BCUT2D eigenvalue weighted by molar-refractivity contribution is -0.115. The van der Waals surface area contributed by atoms with Crippen molar-refractivity contribution >= 4 is 29.1 Å². The highest BCUT2D eigenvalue weighted by Gasteiger charge is 2.19. The Balaban J connectivity index is 1.97. The number of halogens is 5. The van der Waals surface area contributed by atoms with Crippen LogP contribution in [-0.2, 0) is 4.79 Å². The van der Waals surface area contributed by atoms with Gasteiger partial charge in [-0.3, -0.25) is 9.59 Å². The highest BCUT2D eigenvalue weighted by atomic mass is 35.5. The smallest absolute Gasteiger partial charge is 0.254 e. The van der Waals surface area contributed by atoms with Gasteiger partial charge in [0.15, 0.2) is 17.5 Å². The van der Waals surface area contributed by atoms with Crippen LogP contribution >= 0.6 is 11.6 Å². The first kappa shape index (κ1) is 17.7. The van der Waals surface area contributed by atoms with E-state index >= 15 is 0 Å². The van der Waals surface area contributed by atoms with Gasteiger partial charge in [0.1, 0.15) is 5.82 Å². The van der Waals surface area contributed by atoms with Crippen LogP contribution in [0.5, 0.6) is 0 Å². The first-order valence-corrected chi connectivity index (χ1v) is 6.84. The molecule has 0 aromatic heterocycles. The van der Waals surface area contributed by atoms with Crippen molar-refractivity contribution in [3.8, 4) is 0 Å². The van der Waals surface area contributed by atoms with E-state index in [0.29, 0.717) is 6.07 Å². The summed E-state index contributed by atoms with van der Waals surface area (Å²) in [6, 6.07) is 4.78. The molecule has 126 valence electrons. The van der Waals surface area contributed by atoms with Crippen molar-refractivity contribution in [1.82, 2.24) is 5.32 Å². The molecule has 0 saturated heterocycles. The van der Waals surface area contributed by atoms with Crippen LogP contribution in [0.4, 0.5) is 23.2 Å². The first-order valence-electron chi connectivity index (χ1n) is 6.46. The van der Waals surface area contributed by atoms with Gasteiger partial charge < -0.3 is 10.6 Å². The third kappa shape index (κ3) is 4.02. The van der Waals surface area contributed by atoms with E-state index in [4.69, 9.17) is 11.6 Å². The van der Waals surface area contributed by atoms with Crippen molar-refractivity contribution in [3.05, 3.63) is 64.2 Å². The number of rotatable bonds is 4. The molecule has 0 unspecified atom stereocenters. The number of benzene rings is 2. The van der Waals surface area contributed by atoms with E-state index in [9.17, 15) is 27.2 Å². The molecule has 0 radical (unpaired) electrons. The first-order chi connectivity index (χ1) is 11.3.